The Balaban J connectivity index is 2.00. The van der Waals surface area contributed by atoms with Crippen LogP contribution >= 0.6 is 34.5 Å². The summed E-state index contributed by atoms with van der Waals surface area (Å²) in [6.07, 6.45) is 0. The molecule has 1 heterocycles. The van der Waals surface area contributed by atoms with Crippen molar-refractivity contribution in [2.75, 3.05) is 6.54 Å². The highest BCUT2D eigenvalue weighted by Gasteiger charge is 2.21. The molecule has 0 atom stereocenters. The van der Waals surface area contributed by atoms with Crippen molar-refractivity contribution in [3.63, 3.8) is 0 Å². The van der Waals surface area contributed by atoms with Gasteiger partial charge < -0.3 is 10.4 Å². The van der Waals surface area contributed by atoms with Gasteiger partial charge in [-0.1, -0.05) is 43.1 Å². The van der Waals surface area contributed by atoms with E-state index in [2.05, 4.69) is 36.7 Å². The van der Waals surface area contributed by atoms with Crippen LogP contribution in [0.3, 0.4) is 0 Å². The van der Waals surface area contributed by atoms with E-state index in [-0.39, 0.29) is 16.2 Å². The SMILES string of the molecule is CC(C)(CNCc1cc(Cl)cc(Cl)c1O)c1cccs1. The van der Waals surface area contributed by atoms with E-state index in [0.717, 1.165) is 6.54 Å². The molecule has 108 valence electrons. The van der Waals surface area contributed by atoms with Gasteiger partial charge in [0.15, 0.2) is 0 Å². The van der Waals surface area contributed by atoms with Gasteiger partial charge in [-0.25, -0.2) is 0 Å². The number of aromatic hydroxyl groups is 1. The zero-order chi connectivity index (χ0) is 14.8. The van der Waals surface area contributed by atoms with Crippen LogP contribution < -0.4 is 5.32 Å². The molecule has 0 aliphatic carbocycles. The summed E-state index contributed by atoms with van der Waals surface area (Å²) in [6, 6.07) is 7.47. The lowest BCUT2D eigenvalue weighted by atomic mass is 9.91. The van der Waals surface area contributed by atoms with Crippen molar-refractivity contribution in [1.82, 2.24) is 5.32 Å². The van der Waals surface area contributed by atoms with Crippen LogP contribution in [0.15, 0.2) is 29.6 Å². The van der Waals surface area contributed by atoms with Crippen LogP contribution in [0.25, 0.3) is 0 Å². The molecular formula is C15H17Cl2NOS. The molecule has 5 heteroatoms. The van der Waals surface area contributed by atoms with Gasteiger partial charge in [-0.3, -0.25) is 0 Å². The minimum Gasteiger partial charge on any atom is -0.506 e. The lowest BCUT2D eigenvalue weighted by molar-refractivity contribution is 0.450. The van der Waals surface area contributed by atoms with Crippen LogP contribution in [0.5, 0.6) is 5.75 Å². The molecule has 2 rings (SSSR count). The average molecular weight is 330 g/mol. The first-order valence-corrected chi connectivity index (χ1v) is 7.95. The maximum absolute atomic E-state index is 9.91. The van der Waals surface area contributed by atoms with Gasteiger partial charge in [-0.2, -0.15) is 0 Å². The first-order chi connectivity index (χ1) is 9.40. The molecule has 1 aromatic heterocycles. The van der Waals surface area contributed by atoms with Gasteiger partial charge in [0, 0.05) is 34.0 Å². The van der Waals surface area contributed by atoms with Crippen molar-refractivity contribution in [3.8, 4) is 5.75 Å². The smallest absolute Gasteiger partial charge is 0.138 e. The van der Waals surface area contributed by atoms with Gasteiger partial charge in [0.05, 0.1) is 5.02 Å². The Kier molecular flexibility index (Phi) is 4.97. The summed E-state index contributed by atoms with van der Waals surface area (Å²) in [5.74, 6) is 0.0949. The van der Waals surface area contributed by atoms with Crippen LogP contribution in [-0.2, 0) is 12.0 Å². The molecule has 2 aromatic rings. The minimum absolute atomic E-state index is 0.0478. The van der Waals surface area contributed by atoms with Gasteiger partial charge >= 0.3 is 0 Å². The average Bonchev–Trinajstić information content (AvgIpc) is 2.89. The summed E-state index contributed by atoms with van der Waals surface area (Å²) in [5, 5.41) is 16.2. The fourth-order valence-corrected chi connectivity index (χ4v) is 3.40. The molecule has 0 radical (unpaired) electrons. The zero-order valence-corrected chi connectivity index (χ0v) is 13.7. The Labute approximate surface area is 133 Å². The van der Waals surface area contributed by atoms with E-state index >= 15 is 0 Å². The molecule has 0 saturated heterocycles. The molecule has 0 amide bonds. The number of rotatable bonds is 5. The van der Waals surface area contributed by atoms with E-state index in [1.807, 2.05) is 0 Å². The first kappa shape index (κ1) is 15.6. The third-order valence-corrected chi connectivity index (χ3v) is 4.92. The quantitative estimate of drug-likeness (QED) is 0.823. The summed E-state index contributed by atoms with van der Waals surface area (Å²) in [7, 11) is 0. The molecule has 1 aromatic carbocycles. The molecule has 0 aliphatic rings. The minimum atomic E-state index is 0.0478. The van der Waals surface area contributed by atoms with Crippen molar-refractivity contribution in [2.45, 2.75) is 25.8 Å². The molecule has 0 spiro atoms. The van der Waals surface area contributed by atoms with Crippen LogP contribution in [0.4, 0.5) is 0 Å². The van der Waals surface area contributed by atoms with Gasteiger partial charge in [0.25, 0.3) is 0 Å². The van der Waals surface area contributed by atoms with Crippen molar-refractivity contribution in [2.24, 2.45) is 0 Å². The van der Waals surface area contributed by atoms with E-state index in [1.165, 1.54) is 10.9 Å². The molecule has 20 heavy (non-hydrogen) atoms. The van der Waals surface area contributed by atoms with Gasteiger partial charge in [-0.15, -0.1) is 11.3 Å². The number of hydrogen-bond acceptors (Lipinski definition) is 3. The van der Waals surface area contributed by atoms with Crippen LogP contribution in [0, 0.1) is 0 Å². The normalized spacial score (nSPS) is 11.8. The fraction of sp³-hybridized carbons (Fsp3) is 0.333. The third kappa shape index (κ3) is 3.67. The van der Waals surface area contributed by atoms with Crippen molar-refractivity contribution >= 4 is 34.5 Å². The van der Waals surface area contributed by atoms with Crippen molar-refractivity contribution in [1.29, 1.82) is 0 Å². The van der Waals surface area contributed by atoms with Gasteiger partial charge in [0.2, 0.25) is 0 Å². The van der Waals surface area contributed by atoms with Gasteiger partial charge in [0.1, 0.15) is 5.75 Å². The predicted octanol–water partition coefficient (Wildman–Crippen LogP) is 4.83. The molecule has 0 unspecified atom stereocenters. The molecular weight excluding hydrogens is 313 g/mol. The maximum atomic E-state index is 9.91. The summed E-state index contributed by atoms with van der Waals surface area (Å²) in [5.41, 5.74) is 0.760. The van der Waals surface area contributed by atoms with Crippen molar-refractivity contribution in [3.05, 3.63) is 50.1 Å². The van der Waals surface area contributed by atoms with E-state index in [1.54, 1.807) is 17.4 Å². The van der Waals surface area contributed by atoms with E-state index in [4.69, 9.17) is 23.2 Å². The third-order valence-electron chi connectivity index (χ3n) is 3.18. The van der Waals surface area contributed by atoms with E-state index < -0.39 is 0 Å². The van der Waals surface area contributed by atoms with E-state index in [0.29, 0.717) is 17.1 Å². The molecule has 2 nitrogen and oxygen atoms in total. The highest BCUT2D eigenvalue weighted by molar-refractivity contribution is 7.10. The molecule has 0 saturated carbocycles. The molecule has 0 fully saturated rings. The Hall–Kier alpha value is -0.740. The second kappa shape index (κ2) is 6.35. The molecule has 0 bridgehead atoms. The van der Waals surface area contributed by atoms with Gasteiger partial charge in [-0.05, 0) is 23.6 Å². The highest BCUT2D eigenvalue weighted by Crippen LogP contribution is 2.31. The second-order valence-electron chi connectivity index (χ2n) is 5.36. The highest BCUT2D eigenvalue weighted by atomic mass is 35.5. The molecule has 2 N–H and O–H groups in total. The predicted molar refractivity (Wildman–Crippen MR) is 87.2 cm³/mol. The zero-order valence-electron chi connectivity index (χ0n) is 11.4. The first-order valence-electron chi connectivity index (χ1n) is 6.32. The molecule has 0 aliphatic heterocycles. The standard InChI is InChI=1S/C15H17Cl2NOS/c1-15(2,13-4-3-5-20-13)9-18-8-10-6-11(16)7-12(17)14(10)19/h3-7,18-19H,8-9H2,1-2H3. The summed E-state index contributed by atoms with van der Waals surface area (Å²) >= 11 is 13.6. The monoisotopic (exact) mass is 329 g/mol. The van der Waals surface area contributed by atoms with Crippen LogP contribution in [0.1, 0.15) is 24.3 Å². The summed E-state index contributed by atoms with van der Waals surface area (Å²) < 4.78 is 0. The Morgan fingerprint density at radius 1 is 1.30 bits per heavy atom. The van der Waals surface area contributed by atoms with Crippen LogP contribution in [0.2, 0.25) is 10.0 Å². The largest absolute Gasteiger partial charge is 0.506 e. The Morgan fingerprint density at radius 2 is 2.05 bits per heavy atom. The van der Waals surface area contributed by atoms with Crippen LogP contribution in [-0.4, -0.2) is 11.7 Å². The number of nitrogens with one attached hydrogen (secondary N) is 1. The Bertz CT molecular complexity index is 582. The topological polar surface area (TPSA) is 32.3 Å². The van der Waals surface area contributed by atoms with E-state index in [9.17, 15) is 5.11 Å². The summed E-state index contributed by atoms with van der Waals surface area (Å²) in [4.78, 5) is 1.33. The fourth-order valence-electron chi connectivity index (χ4n) is 2.01. The lowest BCUT2D eigenvalue weighted by Gasteiger charge is -2.24. The number of benzene rings is 1. The number of halogens is 2. The number of thiophene rings is 1. The number of phenolic OH excluding ortho intramolecular Hbond substituents is 1. The number of phenols is 1. The van der Waals surface area contributed by atoms with Crippen molar-refractivity contribution < 1.29 is 5.11 Å². The Morgan fingerprint density at radius 3 is 2.70 bits per heavy atom. The second-order valence-corrected chi connectivity index (χ2v) is 7.15. The number of hydrogen-bond donors (Lipinski definition) is 2. The maximum Gasteiger partial charge on any atom is 0.138 e. The summed E-state index contributed by atoms with van der Waals surface area (Å²) in [6.45, 7) is 5.71. The lowest BCUT2D eigenvalue weighted by Crippen LogP contribution is -2.31.